The smallest absolute Gasteiger partial charge is 0.416 e. The van der Waals surface area contributed by atoms with Gasteiger partial charge in [0.1, 0.15) is 23.6 Å². The summed E-state index contributed by atoms with van der Waals surface area (Å²) in [6, 6.07) is 8.05. The summed E-state index contributed by atoms with van der Waals surface area (Å²) >= 11 is 0. The van der Waals surface area contributed by atoms with E-state index < -0.39 is 36.2 Å². The molecule has 1 amide bonds. The van der Waals surface area contributed by atoms with Gasteiger partial charge in [0.2, 0.25) is 5.95 Å². The average molecular weight is 631 g/mol. The highest BCUT2D eigenvalue weighted by molar-refractivity contribution is 5.69. The number of amides is 1. The molecule has 3 fully saturated rings. The Labute approximate surface area is 254 Å². The van der Waals surface area contributed by atoms with Crippen LogP contribution in [0.3, 0.4) is 0 Å². The van der Waals surface area contributed by atoms with Crippen molar-refractivity contribution in [3.63, 3.8) is 0 Å². The van der Waals surface area contributed by atoms with Crippen LogP contribution in [-0.2, 0) is 22.2 Å². The minimum atomic E-state index is -4.38. The van der Waals surface area contributed by atoms with E-state index in [-0.39, 0.29) is 18.2 Å². The van der Waals surface area contributed by atoms with Crippen LogP contribution in [0.15, 0.2) is 48.8 Å². The van der Waals surface area contributed by atoms with Gasteiger partial charge in [-0.2, -0.15) is 18.3 Å². The zero-order chi connectivity index (χ0) is 31.3. The number of nitrogens with zero attached hydrogens (tertiary/aromatic N) is 5. The lowest BCUT2D eigenvalue weighted by Crippen LogP contribution is -2.53. The molecule has 7 rings (SSSR count). The number of hydrogen-bond acceptors (Lipinski definition) is 9. The molecule has 238 valence electrons. The molecule has 3 aliphatic rings. The lowest BCUT2D eigenvalue weighted by molar-refractivity contribution is -0.137. The van der Waals surface area contributed by atoms with Crippen LogP contribution in [0.2, 0.25) is 0 Å². The largest absolute Gasteiger partial charge is 0.488 e. The first-order valence-corrected chi connectivity index (χ1v) is 14.5. The van der Waals surface area contributed by atoms with Gasteiger partial charge in [0.05, 0.1) is 23.6 Å². The predicted octanol–water partition coefficient (Wildman–Crippen LogP) is 4.53. The molecule has 0 unspecified atom stereocenters. The summed E-state index contributed by atoms with van der Waals surface area (Å²) in [7, 11) is 0. The third-order valence-electron chi connectivity index (χ3n) is 8.12. The monoisotopic (exact) mass is 630 g/mol. The maximum atomic E-state index is 15.1. The van der Waals surface area contributed by atoms with Crippen molar-refractivity contribution in [2.45, 2.75) is 62.5 Å². The number of fused-ring (bicyclic) bond motifs is 1. The van der Waals surface area contributed by atoms with Gasteiger partial charge >= 0.3 is 12.3 Å². The van der Waals surface area contributed by atoms with Crippen molar-refractivity contribution < 1.29 is 36.6 Å². The summed E-state index contributed by atoms with van der Waals surface area (Å²) in [4.78, 5) is 23.3. The number of rotatable bonds is 9. The lowest BCUT2D eigenvalue weighted by Gasteiger charge is -2.38. The summed E-state index contributed by atoms with van der Waals surface area (Å²) in [5.74, 6) is 1.21. The number of halogens is 4. The SMILES string of the molecule is CC1(NC(=O)O[C@@H]2CO[C@H](c3cc(Nc4nccc5nc(CN6CC(Oc7ccc(C(F)(F)F)cc7)C6)cn45)n[nH]3)[C@H]2F)CC1. The Morgan fingerprint density at radius 3 is 2.71 bits per heavy atom. The number of imidazole rings is 1. The van der Waals surface area contributed by atoms with Gasteiger partial charge < -0.3 is 24.8 Å². The summed E-state index contributed by atoms with van der Waals surface area (Å²) < 4.78 is 71.9. The quantitative estimate of drug-likeness (QED) is 0.228. The Bertz CT molecular complexity index is 1680. The van der Waals surface area contributed by atoms with Gasteiger partial charge in [0, 0.05) is 43.6 Å². The number of aromatic nitrogens is 5. The number of ether oxygens (including phenoxy) is 3. The van der Waals surface area contributed by atoms with Crippen LogP contribution in [0.25, 0.3) is 5.65 Å². The first-order chi connectivity index (χ1) is 21.5. The standard InChI is InChI=1S/C29H30F4N8O4/c1-28(7-8-28)37-27(42)45-21-15-43-25(24(21)30)20-10-22(39-38-20)36-26-34-9-6-23-35-17(12-41(23)26)11-40-13-19(14-40)44-18-4-2-16(3-5-18)29(31,32)33/h2-6,9-10,12,19,21,24-25H,7-8,11,13-15H2,1H3,(H,37,42)(H2,34,36,38,39)/t21-,24+,25-/m1/s1. The average Bonchev–Trinajstić information content (AvgIpc) is 3.30. The fourth-order valence-electron chi connectivity index (χ4n) is 5.33. The fourth-order valence-corrected chi connectivity index (χ4v) is 5.33. The van der Waals surface area contributed by atoms with Crippen LogP contribution in [0.4, 0.5) is 34.1 Å². The highest BCUT2D eigenvalue weighted by atomic mass is 19.4. The Balaban J connectivity index is 0.931. The van der Waals surface area contributed by atoms with Crippen molar-refractivity contribution in [1.82, 2.24) is 34.8 Å². The second kappa shape index (κ2) is 11.2. The zero-order valence-electron chi connectivity index (χ0n) is 24.1. The molecule has 0 spiro atoms. The number of alkyl carbamates (subject to hydrolysis) is 1. The van der Waals surface area contributed by atoms with Crippen LogP contribution in [0.5, 0.6) is 5.75 Å². The third kappa shape index (κ3) is 6.38. The van der Waals surface area contributed by atoms with Crippen molar-refractivity contribution in [3.8, 4) is 5.75 Å². The molecule has 0 bridgehead atoms. The van der Waals surface area contributed by atoms with E-state index in [0.717, 1.165) is 30.7 Å². The second-order valence-electron chi connectivity index (χ2n) is 11.8. The van der Waals surface area contributed by atoms with Gasteiger partial charge in [0.15, 0.2) is 18.1 Å². The minimum absolute atomic E-state index is 0.0740. The third-order valence-corrected chi connectivity index (χ3v) is 8.12. The Morgan fingerprint density at radius 2 is 1.98 bits per heavy atom. The molecule has 16 heteroatoms. The molecule has 1 aromatic carbocycles. The van der Waals surface area contributed by atoms with Crippen LogP contribution in [-0.4, -0.2) is 79.2 Å². The lowest BCUT2D eigenvalue weighted by atomic mass is 10.1. The van der Waals surface area contributed by atoms with E-state index in [2.05, 4.69) is 35.7 Å². The summed E-state index contributed by atoms with van der Waals surface area (Å²) in [5.41, 5.74) is 0.833. The van der Waals surface area contributed by atoms with Gasteiger partial charge in [-0.1, -0.05) is 0 Å². The molecule has 5 heterocycles. The van der Waals surface area contributed by atoms with E-state index in [1.807, 2.05) is 13.1 Å². The van der Waals surface area contributed by atoms with Crippen molar-refractivity contribution >= 4 is 23.5 Å². The Kier molecular flexibility index (Phi) is 7.27. The normalized spacial score (nSPS) is 23.1. The molecule has 2 aliphatic heterocycles. The number of likely N-dealkylation sites (tertiary alicyclic amines) is 1. The Morgan fingerprint density at radius 1 is 1.20 bits per heavy atom. The number of carbonyl (C=O) groups is 1. The highest BCUT2D eigenvalue weighted by Crippen LogP contribution is 2.36. The van der Waals surface area contributed by atoms with E-state index in [1.165, 1.54) is 12.1 Å². The van der Waals surface area contributed by atoms with Crippen molar-refractivity contribution in [2.24, 2.45) is 0 Å². The first-order valence-electron chi connectivity index (χ1n) is 14.5. The van der Waals surface area contributed by atoms with Crippen LogP contribution >= 0.6 is 0 Å². The number of hydrogen-bond donors (Lipinski definition) is 3. The molecule has 3 N–H and O–H groups in total. The number of aromatic amines is 1. The molecule has 12 nitrogen and oxygen atoms in total. The number of nitrogens with one attached hydrogen (secondary N) is 3. The molecule has 0 radical (unpaired) electrons. The van der Waals surface area contributed by atoms with Gasteiger partial charge in [-0.3, -0.25) is 14.4 Å². The van der Waals surface area contributed by atoms with Gasteiger partial charge in [-0.15, -0.1) is 0 Å². The number of H-pyrrole nitrogens is 1. The molecule has 3 aromatic heterocycles. The summed E-state index contributed by atoms with van der Waals surface area (Å²) in [6.07, 6.45) is -3.58. The van der Waals surface area contributed by atoms with E-state index in [9.17, 15) is 18.0 Å². The van der Waals surface area contributed by atoms with Crippen molar-refractivity contribution in [2.75, 3.05) is 25.0 Å². The molecule has 1 saturated carbocycles. The second-order valence-corrected chi connectivity index (χ2v) is 11.8. The van der Waals surface area contributed by atoms with Crippen LogP contribution < -0.4 is 15.4 Å². The van der Waals surface area contributed by atoms with Crippen molar-refractivity contribution in [1.29, 1.82) is 0 Å². The van der Waals surface area contributed by atoms with Gasteiger partial charge in [-0.25, -0.2) is 19.2 Å². The number of alkyl halides is 4. The van der Waals surface area contributed by atoms with E-state index >= 15 is 4.39 Å². The number of carbonyl (C=O) groups excluding carboxylic acids is 1. The zero-order valence-corrected chi connectivity index (χ0v) is 24.1. The minimum Gasteiger partial charge on any atom is -0.488 e. The van der Waals surface area contributed by atoms with E-state index in [4.69, 9.17) is 14.2 Å². The molecule has 4 aromatic rings. The molecular formula is C29H30F4N8O4. The summed E-state index contributed by atoms with van der Waals surface area (Å²) in [5, 5.41) is 12.9. The molecular weight excluding hydrogens is 600 g/mol. The van der Waals surface area contributed by atoms with Crippen LogP contribution in [0, 0.1) is 0 Å². The van der Waals surface area contributed by atoms with Gasteiger partial charge in [-0.05, 0) is 50.1 Å². The highest BCUT2D eigenvalue weighted by Gasteiger charge is 2.44. The summed E-state index contributed by atoms with van der Waals surface area (Å²) in [6.45, 7) is 3.57. The van der Waals surface area contributed by atoms with E-state index in [0.29, 0.717) is 48.5 Å². The molecule has 2 saturated heterocycles. The van der Waals surface area contributed by atoms with Crippen molar-refractivity contribution in [3.05, 3.63) is 65.7 Å². The van der Waals surface area contributed by atoms with E-state index in [1.54, 1.807) is 22.7 Å². The first kappa shape index (κ1) is 29.3. The fraction of sp³-hybridized carbons (Fsp3) is 0.448. The number of anilines is 2. The topological polar surface area (TPSA) is 131 Å². The molecule has 3 atom stereocenters. The van der Waals surface area contributed by atoms with Crippen LogP contribution in [0.1, 0.15) is 42.8 Å². The molecule has 45 heavy (non-hydrogen) atoms. The predicted molar refractivity (Wildman–Crippen MR) is 151 cm³/mol. The maximum Gasteiger partial charge on any atom is 0.416 e. The number of benzene rings is 1. The maximum absolute atomic E-state index is 15.1. The molecule has 1 aliphatic carbocycles. The Hall–Kier alpha value is -4.44. The van der Waals surface area contributed by atoms with Gasteiger partial charge in [0.25, 0.3) is 0 Å².